The molecular formula is C15H28O4S. The third-order valence-corrected chi connectivity index (χ3v) is 3.84. The van der Waals surface area contributed by atoms with E-state index in [1.54, 1.807) is 13.8 Å². The van der Waals surface area contributed by atoms with Crippen LogP contribution in [0.4, 0.5) is 4.79 Å². The fourth-order valence-corrected chi connectivity index (χ4v) is 3.73. The molecule has 0 atom stereocenters. The molecule has 0 saturated heterocycles. The Morgan fingerprint density at radius 2 is 1.40 bits per heavy atom. The van der Waals surface area contributed by atoms with Crippen LogP contribution in [0.1, 0.15) is 54.4 Å². The molecule has 0 aliphatic rings. The average molecular weight is 304 g/mol. The Balaban J connectivity index is 5.28. The van der Waals surface area contributed by atoms with Crippen LogP contribution in [0.15, 0.2) is 0 Å². The van der Waals surface area contributed by atoms with Gasteiger partial charge < -0.3 is 9.47 Å². The zero-order chi connectivity index (χ0) is 15.8. The summed E-state index contributed by atoms with van der Waals surface area (Å²) in [5.74, 6) is 0.278. The summed E-state index contributed by atoms with van der Waals surface area (Å²) < 4.78 is 9.38. The molecule has 0 amide bonds. The first-order chi connectivity index (χ1) is 9.27. The fraction of sp³-hybridized carbons (Fsp3) is 0.867. The zero-order valence-electron chi connectivity index (χ0n) is 13.5. The van der Waals surface area contributed by atoms with Crippen molar-refractivity contribution in [1.82, 2.24) is 0 Å². The summed E-state index contributed by atoms with van der Waals surface area (Å²) in [7, 11) is 0. The SMILES string of the molecule is CCOC(=O)SC(CC(C)C)(CC(C)C)C(=O)OCC. The van der Waals surface area contributed by atoms with E-state index in [0.717, 1.165) is 11.8 Å². The van der Waals surface area contributed by atoms with Crippen LogP contribution in [0, 0.1) is 11.8 Å². The fourth-order valence-electron chi connectivity index (χ4n) is 2.26. The number of esters is 1. The van der Waals surface area contributed by atoms with Crippen molar-refractivity contribution >= 4 is 23.0 Å². The van der Waals surface area contributed by atoms with Crippen LogP contribution in [0.2, 0.25) is 0 Å². The number of ether oxygens (including phenoxy) is 2. The highest BCUT2D eigenvalue weighted by Crippen LogP contribution is 2.40. The van der Waals surface area contributed by atoms with Crippen molar-refractivity contribution in [3.8, 4) is 0 Å². The van der Waals surface area contributed by atoms with Crippen LogP contribution in [-0.4, -0.2) is 29.2 Å². The largest absolute Gasteiger partial charge is 0.465 e. The Morgan fingerprint density at radius 1 is 0.950 bits per heavy atom. The molecule has 5 heteroatoms. The maximum Gasteiger partial charge on any atom is 0.368 e. The number of thioether (sulfide) groups is 1. The quantitative estimate of drug-likeness (QED) is 0.627. The van der Waals surface area contributed by atoms with E-state index in [9.17, 15) is 9.59 Å². The van der Waals surface area contributed by atoms with E-state index in [-0.39, 0.29) is 5.97 Å². The van der Waals surface area contributed by atoms with Gasteiger partial charge in [0.05, 0.1) is 13.2 Å². The van der Waals surface area contributed by atoms with E-state index in [1.807, 2.05) is 27.7 Å². The first-order valence-corrected chi connectivity index (χ1v) is 8.12. The molecule has 0 fully saturated rings. The molecule has 0 aromatic rings. The lowest BCUT2D eigenvalue weighted by Gasteiger charge is -2.32. The molecule has 0 radical (unpaired) electrons. The lowest BCUT2D eigenvalue weighted by molar-refractivity contribution is -0.147. The minimum atomic E-state index is -0.843. The maximum atomic E-state index is 12.4. The van der Waals surface area contributed by atoms with Gasteiger partial charge in [-0.3, -0.25) is 4.79 Å². The number of hydrogen-bond donors (Lipinski definition) is 0. The van der Waals surface area contributed by atoms with Crippen molar-refractivity contribution in [3.63, 3.8) is 0 Å². The molecule has 0 unspecified atom stereocenters. The van der Waals surface area contributed by atoms with E-state index in [4.69, 9.17) is 9.47 Å². The van der Waals surface area contributed by atoms with Gasteiger partial charge in [-0.15, -0.1) is 0 Å². The van der Waals surface area contributed by atoms with Crippen LogP contribution in [0.3, 0.4) is 0 Å². The summed E-state index contributed by atoms with van der Waals surface area (Å²) >= 11 is 0.986. The Kier molecular flexibility index (Phi) is 8.94. The van der Waals surface area contributed by atoms with Gasteiger partial charge in [-0.2, -0.15) is 0 Å². The monoisotopic (exact) mass is 304 g/mol. The van der Waals surface area contributed by atoms with Crippen molar-refractivity contribution < 1.29 is 19.1 Å². The molecule has 0 rings (SSSR count). The van der Waals surface area contributed by atoms with Crippen molar-refractivity contribution in [2.45, 2.75) is 59.1 Å². The second-order valence-electron chi connectivity index (χ2n) is 5.70. The number of rotatable bonds is 8. The summed E-state index contributed by atoms with van der Waals surface area (Å²) in [5, 5.41) is -0.401. The number of hydrogen-bond acceptors (Lipinski definition) is 5. The minimum Gasteiger partial charge on any atom is -0.465 e. The Morgan fingerprint density at radius 3 is 1.75 bits per heavy atom. The topological polar surface area (TPSA) is 52.6 Å². The van der Waals surface area contributed by atoms with Crippen molar-refractivity contribution in [1.29, 1.82) is 0 Å². The molecule has 0 aromatic heterocycles. The second kappa shape index (κ2) is 9.27. The van der Waals surface area contributed by atoms with Crippen LogP contribution in [0.5, 0.6) is 0 Å². The highest BCUT2D eigenvalue weighted by atomic mass is 32.2. The summed E-state index contributed by atoms with van der Waals surface area (Å²) in [4.78, 5) is 24.3. The minimum absolute atomic E-state index is 0.292. The summed E-state index contributed by atoms with van der Waals surface area (Å²) in [6.07, 6.45) is 1.21. The van der Waals surface area contributed by atoms with Crippen LogP contribution in [0.25, 0.3) is 0 Å². The Bertz CT molecular complexity index is 303. The smallest absolute Gasteiger partial charge is 0.368 e. The predicted octanol–water partition coefficient (Wildman–Crippen LogP) is 4.27. The van der Waals surface area contributed by atoms with Crippen LogP contribution in [-0.2, 0) is 14.3 Å². The Labute approximate surface area is 127 Å². The molecule has 0 N–H and O–H groups in total. The molecule has 0 aliphatic heterocycles. The average Bonchev–Trinajstić information content (AvgIpc) is 2.27. The lowest BCUT2D eigenvalue weighted by atomic mass is 9.88. The third kappa shape index (κ3) is 6.64. The Hall–Kier alpha value is -0.710. The van der Waals surface area contributed by atoms with Gasteiger partial charge in [0.15, 0.2) is 0 Å². The predicted molar refractivity (Wildman–Crippen MR) is 82.9 cm³/mol. The van der Waals surface area contributed by atoms with Crippen LogP contribution < -0.4 is 0 Å². The van der Waals surface area contributed by atoms with E-state index in [0.29, 0.717) is 37.9 Å². The molecule has 0 heterocycles. The summed E-state index contributed by atoms with van der Waals surface area (Å²) in [6, 6.07) is 0. The molecule has 4 nitrogen and oxygen atoms in total. The standard InChI is InChI=1S/C15H28O4S/c1-7-18-13(16)15(9-11(3)4,10-12(5)6)20-14(17)19-8-2/h11-12H,7-10H2,1-6H3. The molecule has 0 aromatic carbocycles. The van der Waals surface area contributed by atoms with Gasteiger partial charge in [-0.25, -0.2) is 4.79 Å². The second-order valence-corrected chi connectivity index (χ2v) is 7.01. The molecular weight excluding hydrogens is 276 g/mol. The first-order valence-electron chi connectivity index (χ1n) is 7.30. The van der Waals surface area contributed by atoms with Crippen LogP contribution >= 0.6 is 11.8 Å². The molecule has 118 valence electrons. The molecule has 0 aliphatic carbocycles. The van der Waals surface area contributed by atoms with Crippen molar-refractivity contribution in [2.24, 2.45) is 11.8 Å². The zero-order valence-corrected chi connectivity index (χ0v) is 14.3. The van der Waals surface area contributed by atoms with E-state index in [2.05, 4.69) is 0 Å². The van der Waals surface area contributed by atoms with Gasteiger partial charge in [0.1, 0.15) is 4.75 Å². The van der Waals surface area contributed by atoms with Gasteiger partial charge in [-0.05, 0) is 50.3 Å². The van der Waals surface area contributed by atoms with Gasteiger partial charge in [0, 0.05) is 0 Å². The van der Waals surface area contributed by atoms with Gasteiger partial charge >= 0.3 is 11.3 Å². The van der Waals surface area contributed by atoms with Gasteiger partial charge in [0.25, 0.3) is 0 Å². The van der Waals surface area contributed by atoms with Crippen molar-refractivity contribution in [3.05, 3.63) is 0 Å². The van der Waals surface area contributed by atoms with E-state index in [1.165, 1.54) is 0 Å². The van der Waals surface area contributed by atoms with Crippen molar-refractivity contribution in [2.75, 3.05) is 13.2 Å². The third-order valence-electron chi connectivity index (χ3n) is 2.66. The van der Waals surface area contributed by atoms with E-state index >= 15 is 0 Å². The molecule has 20 heavy (non-hydrogen) atoms. The first kappa shape index (κ1) is 19.3. The molecule has 0 bridgehead atoms. The van der Waals surface area contributed by atoms with Gasteiger partial charge in [-0.1, -0.05) is 27.7 Å². The maximum absolute atomic E-state index is 12.4. The highest BCUT2D eigenvalue weighted by Gasteiger charge is 2.44. The number of carbonyl (C=O) groups is 2. The highest BCUT2D eigenvalue weighted by molar-refractivity contribution is 8.15. The van der Waals surface area contributed by atoms with E-state index < -0.39 is 10.0 Å². The summed E-state index contributed by atoms with van der Waals surface area (Å²) in [5.41, 5.74) is 0. The normalized spacial score (nSPS) is 11.8. The number of carbonyl (C=O) groups excluding carboxylic acids is 2. The summed E-state index contributed by atoms with van der Waals surface area (Å²) in [6.45, 7) is 12.3. The molecule has 0 spiro atoms. The molecule has 0 saturated carbocycles. The van der Waals surface area contributed by atoms with Gasteiger partial charge in [0.2, 0.25) is 0 Å². The lowest BCUT2D eigenvalue weighted by Crippen LogP contribution is -2.41.